The molecule has 15 heavy (non-hydrogen) atoms. The van der Waals surface area contributed by atoms with E-state index < -0.39 is 0 Å². The van der Waals surface area contributed by atoms with Gasteiger partial charge in [-0.1, -0.05) is 12.2 Å². The number of rotatable bonds is 5. The van der Waals surface area contributed by atoms with E-state index in [1.807, 2.05) is 0 Å². The molecule has 0 spiro atoms. The molecule has 1 unspecified atom stereocenters. The molecule has 2 N–H and O–H groups in total. The van der Waals surface area contributed by atoms with Crippen molar-refractivity contribution in [3.8, 4) is 0 Å². The highest BCUT2D eigenvalue weighted by atomic mass is 32.1. The highest BCUT2D eigenvalue weighted by Crippen LogP contribution is 2.36. The van der Waals surface area contributed by atoms with Crippen LogP contribution in [0.5, 0.6) is 0 Å². The first-order valence-corrected chi connectivity index (χ1v) is 5.97. The molecule has 1 fully saturated rings. The van der Waals surface area contributed by atoms with Gasteiger partial charge >= 0.3 is 0 Å². The molecule has 1 aliphatic rings. The van der Waals surface area contributed by atoms with Gasteiger partial charge in [0.15, 0.2) is 0 Å². The lowest BCUT2D eigenvalue weighted by Gasteiger charge is -2.50. The van der Waals surface area contributed by atoms with Crippen molar-refractivity contribution in [2.75, 3.05) is 27.7 Å². The molecular formula is C11H23N3S. The summed E-state index contributed by atoms with van der Waals surface area (Å²) in [5.74, 6) is 0. The highest BCUT2D eigenvalue weighted by molar-refractivity contribution is 7.80. The summed E-state index contributed by atoms with van der Waals surface area (Å²) in [5.41, 5.74) is 6.02. The van der Waals surface area contributed by atoms with Crippen molar-refractivity contribution in [3.05, 3.63) is 0 Å². The van der Waals surface area contributed by atoms with Crippen LogP contribution in [0, 0.1) is 0 Å². The Bertz CT molecular complexity index is 236. The van der Waals surface area contributed by atoms with Gasteiger partial charge in [0.05, 0.1) is 11.0 Å². The monoisotopic (exact) mass is 229 g/mol. The smallest absolute Gasteiger partial charge is 0.0899 e. The minimum Gasteiger partial charge on any atom is -0.392 e. The van der Waals surface area contributed by atoms with Crippen LogP contribution in [0.15, 0.2) is 0 Å². The van der Waals surface area contributed by atoms with E-state index in [4.69, 9.17) is 18.0 Å². The Morgan fingerprint density at radius 2 is 1.93 bits per heavy atom. The van der Waals surface area contributed by atoms with Crippen LogP contribution in [0.4, 0.5) is 0 Å². The van der Waals surface area contributed by atoms with Crippen LogP contribution in [0.25, 0.3) is 0 Å². The van der Waals surface area contributed by atoms with E-state index in [2.05, 4.69) is 37.9 Å². The zero-order valence-corrected chi connectivity index (χ0v) is 11.1. The average molecular weight is 229 g/mol. The van der Waals surface area contributed by atoms with Gasteiger partial charge in [-0.25, -0.2) is 0 Å². The Morgan fingerprint density at radius 1 is 1.40 bits per heavy atom. The maximum absolute atomic E-state index is 5.67. The highest BCUT2D eigenvalue weighted by Gasteiger charge is 2.40. The quantitative estimate of drug-likeness (QED) is 0.715. The second-order valence-electron chi connectivity index (χ2n) is 4.97. The third-order valence-electron chi connectivity index (χ3n) is 3.85. The summed E-state index contributed by atoms with van der Waals surface area (Å²) < 4.78 is 0. The van der Waals surface area contributed by atoms with Gasteiger partial charge in [-0.15, -0.1) is 0 Å². The first kappa shape index (κ1) is 12.9. The van der Waals surface area contributed by atoms with Crippen molar-refractivity contribution in [1.29, 1.82) is 0 Å². The summed E-state index contributed by atoms with van der Waals surface area (Å²) in [5, 5.41) is 0. The zero-order valence-electron chi connectivity index (χ0n) is 10.3. The van der Waals surface area contributed by atoms with E-state index in [0.29, 0.717) is 10.5 Å². The average Bonchev–Trinajstić information content (AvgIpc) is 2.08. The minimum atomic E-state index is 0.192. The van der Waals surface area contributed by atoms with Crippen molar-refractivity contribution in [3.63, 3.8) is 0 Å². The maximum Gasteiger partial charge on any atom is 0.0899 e. The molecule has 0 radical (unpaired) electrons. The minimum absolute atomic E-state index is 0.192. The molecule has 0 amide bonds. The summed E-state index contributed by atoms with van der Waals surface area (Å²) in [7, 11) is 6.43. The molecule has 0 aliphatic heterocycles. The van der Waals surface area contributed by atoms with Crippen LogP contribution in [0.1, 0.15) is 26.2 Å². The summed E-state index contributed by atoms with van der Waals surface area (Å²) in [4.78, 5) is 5.20. The first-order valence-electron chi connectivity index (χ1n) is 5.56. The molecule has 1 atom stereocenters. The number of nitrogens with two attached hydrogens (primary N) is 1. The van der Waals surface area contributed by atoms with Gasteiger partial charge in [-0.2, -0.15) is 0 Å². The lowest BCUT2D eigenvalue weighted by atomic mass is 9.75. The SMILES string of the molecule is CC(C(N)=S)N(C)CC1(N(C)C)CCC1. The predicted molar refractivity (Wildman–Crippen MR) is 69.1 cm³/mol. The van der Waals surface area contributed by atoms with Gasteiger partial charge in [-0.3, -0.25) is 4.90 Å². The van der Waals surface area contributed by atoms with Gasteiger partial charge < -0.3 is 10.6 Å². The molecule has 1 rings (SSSR count). The van der Waals surface area contributed by atoms with E-state index in [1.54, 1.807) is 0 Å². The summed E-state index contributed by atoms with van der Waals surface area (Å²) in [6, 6.07) is 0.192. The van der Waals surface area contributed by atoms with Crippen molar-refractivity contribution in [2.24, 2.45) is 5.73 Å². The van der Waals surface area contributed by atoms with E-state index in [1.165, 1.54) is 19.3 Å². The molecule has 88 valence electrons. The van der Waals surface area contributed by atoms with E-state index in [0.717, 1.165) is 6.54 Å². The Hall–Kier alpha value is -0.190. The van der Waals surface area contributed by atoms with Gasteiger partial charge in [-0.05, 0) is 47.3 Å². The van der Waals surface area contributed by atoms with Gasteiger partial charge in [0.1, 0.15) is 0 Å². The Kier molecular flexibility index (Phi) is 4.09. The van der Waals surface area contributed by atoms with Gasteiger partial charge in [0.25, 0.3) is 0 Å². The number of likely N-dealkylation sites (N-methyl/N-ethyl adjacent to an activating group) is 2. The molecule has 0 heterocycles. The Morgan fingerprint density at radius 3 is 2.20 bits per heavy atom. The van der Waals surface area contributed by atoms with Crippen molar-refractivity contribution < 1.29 is 0 Å². The van der Waals surface area contributed by atoms with Crippen LogP contribution < -0.4 is 5.73 Å². The summed E-state index contributed by atoms with van der Waals surface area (Å²) >= 11 is 5.03. The lowest BCUT2D eigenvalue weighted by molar-refractivity contribution is 0.0247. The number of hydrogen-bond donors (Lipinski definition) is 1. The molecule has 0 saturated heterocycles. The fourth-order valence-corrected chi connectivity index (χ4v) is 2.33. The largest absolute Gasteiger partial charge is 0.392 e. The van der Waals surface area contributed by atoms with Crippen LogP contribution in [0.2, 0.25) is 0 Å². The zero-order chi connectivity index (χ0) is 11.6. The van der Waals surface area contributed by atoms with Crippen molar-refractivity contribution >= 4 is 17.2 Å². The number of hydrogen-bond acceptors (Lipinski definition) is 3. The number of nitrogens with zero attached hydrogens (tertiary/aromatic N) is 2. The molecule has 0 aromatic heterocycles. The van der Waals surface area contributed by atoms with Gasteiger partial charge in [0, 0.05) is 12.1 Å². The van der Waals surface area contributed by atoms with E-state index >= 15 is 0 Å². The topological polar surface area (TPSA) is 32.5 Å². The van der Waals surface area contributed by atoms with E-state index in [9.17, 15) is 0 Å². The third-order valence-corrected chi connectivity index (χ3v) is 4.19. The Labute approximate surface area is 98.6 Å². The molecule has 1 aliphatic carbocycles. The molecule has 0 aromatic rings. The molecule has 0 aromatic carbocycles. The normalized spacial score (nSPS) is 21.5. The molecule has 0 bridgehead atoms. The van der Waals surface area contributed by atoms with Crippen molar-refractivity contribution in [2.45, 2.75) is 37.8 Å². The lowest BCUT2D eigenvalue weighted by Crippen LogP contribution is -2.58. The first-order chi connectivity index (χ1) is 6.89. The third kappa shape index (κ3) is 2.68. The molecule has 3 nitrogen and oxygen atoms in total. The van der Waals surface area contributed by atoms with Gasteiger partial charge in [0.2, 0.25) is 0 Å². The second-order valence-corrected chi connectivity index (χ2v) is 5.44. The van der Waals surface area contributed by atoms with Crippen molar-refractivity contribution in [1.82, 2.24) is 9.80 Å². The summed E-state index contributed by atoms with van der Waals surface area (Å²) in [6.45, 7) is 3.13. The van der Waals surface area contributed by atoms with Crippen LogP contribution in [-0.2, 0) is 0 Å². The number of thiocarbonyl (C=S) groups is 1. The second kappa shape index (κ2) is 4.76. The molecule has 1 saturated carbocycles. The fraction of sp³-hybridized carbons (Fsp3) is 0.909. The van der Waals surface area contributed by atoms with Crippen LogP contribution in [-0.4, -0.2) is 54.1 Å². The Balaban J connectivity index is 2.56. The molecule has 4 heteroatoms. The van der Waals surface area contributed by atoms with Crippen LogP contribution >= 0.6 is 12.2 Å². The maximum atomic E-state index is 5.67. The molecular weight excluding hydrogens is 206 g/mol. The summed E-state index contributed by atoms with van der Waals surface area (Å²) in [6.07, 6.45) is 3.91. The van der Waals surface area contributed by atoms with Crippen LogP contribution in [0.3, 0.4) is 0 Å². The van der Waals surface area contributed by atoms with E-state index in [-0.39, 0.29) is 6.04 Å². The predicted octanol–water partition coefficient (Wildman–Crippen LogP) is 1.08. The standard InChI is InChI=1S/C11H23N3S/c1-9(10(12)15)14(4)8-11(13(2)3)6-5-7-11/h9H,5-8H2,1-4H3,(H2,12,15). The fourth-order valence-electron chi connectivity index (χ4n) is 2.15.